The zero-order valence-electron chi connectivity index (χ0n) is 11.7. The van der Waals surface area contributed by atoms with Gasteiger partial charge in [0.25, 0.3) is 0 Å². The molecule has 3 N–H and O–H groups in total. The minimum Gasteiger partial charge on any atom is -0.393 e. The van der Waals surface area contributed by atoms with E-state index < -0.39 is 5.92 Å². The highest BCUT2D eigenvalue weighted by Gasteiger charge is 2.21. The van der Waals surface area contributed by atoms with E-state index in [4.69, 9.17) is 18.0 Å². The molecule has 0 aliphatic carbocycles. The maximum absolute atomic E-state index is 12.2. The Morgan fingerprint density at radius 2 is 2.14 bits per heavy atom. The van der Waals surface area contributed by atoms with Crippen molar-refractivity contribution in [2.24, 2.45) is 18.7 Å². The standard InChI is InChI=1S/C14H17N5OS/c1-19-9-17-12(18-19)8-16-14(20)11(13(15)21)7-10-5-3-2-4-6-10/h2-6,9,11H,7-8H2,1H3,(H2,15,21)(H,16,20). The van der Waals surface area contributed by atoms with Gasteiger partial charge in [-0.2, -0.15) is 5.10 Å². The lowest BCUT2D eigenvalue weighted by atomic mass is 9.98. The first-order chi connectivity index (χ1) is 10.1. The fourth-order valence-corrected chi connectivity index (χ4v) is 2.12. The molecule has 6 nitrogen and oxygen atoms in total. The molecule has 21 heavy (non-hydrogen) atoms. The van der Waals surface area contributed by atoms with Gasteiger partial charge in [0.05, 0.1) is 17.5 Å². The van der Waals surface area contributed by atoms with Crippen LogP contribution in [0.1, 0.15) is 11.4 Å². The summed E-state index contributed by atoms with van der Waals surface area (Å²) in [5.74, 6) is -0.197. The van der Waals surface area contributed by atoms with Crippen molar-refractivity contribution < 1.29 is 4.79 Å². The van der Waals surface area contributed by atoms with Crippen molar-refractivity contribution in [3.05, 3.63) is 48.0 Å². The van der Waals surface area contributed by atoms with Crippen molar-refractivity contribution in [1.82, 2.24) is 20.1 Å². The van der Waals surface area contributed by atoms with Crippen LogP contribution in [0.3, 0.4) is 0 Å². The first-order valence-electron chi connectivity index (χ1n) is 6.51. The maximum atomic E-state index is 12.2. The van der Waals surface area contributed by atoms with E-state index in [2.05, 4.69) is 15.4 Å². The van der Waals surface area contributed by atoms with Gasteiger partial charge in [-0.25, -0.2) is 4.98 Å². The van der Waals surface area contributed by atoms with Gasteiger partial charge in [-0.1, -0.05) is 42.5 Å². The van der Waals surface area contributed by atoms with E-state index in [0.717, 1.165) is 5.56 Å². The van der Waals surface area contributed by atoms with Crippen LogP contribution in [0.4, 0.5) is 0 Å². The maximum Gasteiger partial charge on any atom is 0.230 e. The largest absolute Gasteiger partial charge is 0.393 e. The molecule has 1 aromatic heterocycles. The highest BCUT2D eigenvalue weighted by atomic mass is 32.1. The van der Waals surface area contributed by atoms with Crippen LogP contribution in [0.15, 0.2) is 36.7 Å². The third-order valence-electron chi connectivity index (χ3n) is 3.01. The van der Waals surface area contributed by atoms with E-state index in [1.165, 1.54) is 0 Å². The highest BCUT2D eigenvalue weighted by molar-refractivity contribution is 7.80. The number of thiocarbonyl (C=S) groups is 1. The molecular formula is C14H17N5OS. The lowest BCUT2D eigenvalue weighted by Gasteiger charge is -2.15. The molecule has 0 aliphatic heterocycles. The van der Waals surface area contributed by atoms with Crippen LogP contribution < -0.4 is 11.1 Å². The number of carbonyl (C=O) groups is 1. The van der Waals surface area contributed by atoms with E-state index in [1.807, 2.05) is 30.3 Å². The van der Waals surface area contributed by atoms with Gasteiger partial charge in [0.2, 0.25) is 5.91 Å². The van der Waals surface area contributed by atoms with E-state index in [1.54, 1.807) is 18.1 Å². The molecule has 1 heterocycles. The molecule has 2 rings (SSSR count). The summed E-state index contributed by atoms with van der Waals surface area (Å²) in [6.45, 7) is 0.258. The van der Waals surface area contributed by atoms with Crippen molar-refractivity contribution in [1.29, 1.82) is 0 Å². The van der Waals surface area contributed by atoms with Crippen LogP contribution in [-0.4, -0.2) is 25.7 Å². The molecule has 0 saturated heterocycles. The number of amides is 1. The Kier molecular flexibility index (Phi) is 4.99. The van der Waals surface area contributed by atoms with Crippen molar-refractivity contribution in [2.75, 3.05) is 0 Å². The van der Waals surface area contributed by atoms with Gasteiger partial charge in [-0.15, -0.1) is 0 Å². The van der Waals surface area contributed by atoms with E-state index in [-0.39, 0.29) is 17.4 Å². The third-order valence-corrected chi connectivity index (χ3v) is 3.29. The second-order valence-corrected chi connectivity index (χ2v) is 5.17. The molecule has 0 bridgehead atoms. The minimum atomic E-state index is -0.536. The van der Waals surface area contributed by atoms with Gasteiger partial charge in [0.15, 0.2) is 5.82 Å². The lowest BCUT2D eigenvalue weighted by molar-refractivity contribution is -0.123. The van der Waals surface area contributed by atoms with Gasteiger partial charge in [-0.05, 0) is 12.0 Å². The quantitative estimate of drug-likeness (QED) is 0.762. The summed E-state index contributed by atoms with van der Waals surface area (Å²) in [5.41, 5.74) is 6.71. The number of benzene rings is 1. The fourth-order valence-electron chi connectivity index (χ4n) is 1.93. The van der Waals surface area contributed by atoms with Gasteiger partial charge in [0.1, 0.15) is 6.33 Å². The Hall–Kier alpha value is -2.28. The smallest absolute Gasteiger partial charge is 0.230 e. The predicted octanol–water partition coefficient (Wildman–Crippen LogP) is 0.576. The summed E-state index contributed by atoms with van der Waals surface area (Å²) >= 11 is 5.01. The van der Waals surface area contributed by atoms with Crippen LogP contribution in [-0.2, 0) is 24.8 Å². The molecule has 1 unspecified atom stereocenters. The summed E-state index contributed by atoms with van der Waals surface area (Å²) in [6.07, 6.45) is 2.06. The number of carbonyl (C=O) groups excluding carboxylic acids is 1. The summed E-state index contributed by atoms with van der Waals surface area (Å²) in [6, 6.07) is 9.65. The molecular weight excluding hydrogens is 286 g/mol. The van der Waals surface area contributed by atoms with Gasteiger partial charge >= 0.3 is 0 Å². The third kappa shape index (κ3) is 4.35. The molecule has 1 atom stereocenters. The SMILES string of the molecule is Cn1cnc(CNC(=O)C(Cc2ccccc2)C(N)=S)n1. The van der Waals surface area contributed by atoms with Gasteiger partial charge < -0.3 is 11.1 Å². The molecule has 1 aromatic carbocycles. The Labute approximate surface area is 128 Å². The molecule has 2 aromatic rings. The molecule has 0 fully saturated rings. The molecule has 110 valence electrons. The van der Waals surface area contributed by atoms with Crippen molar-refractivity contribution >= 4 is 23.1 Å². The van der Waals surface area contributed by atoms with Crippen molar-refractivity contribution in [3.63, 3.8) is 0 Å². The Morgan fingerprint density at radius 1 is 1.43 bits per heavy atom. The number of rotatable bonds is 6. The van der Waals surface area contributed by atoms with E-state index in [0.29, 0.717) is 12.2 Å². The summed E-state index contributed by atoms with van der Waals surface area (Å²) in [7, 11) is 1.77. The second kappa shape index (κ2) is 6.94. The topological polar surface area (TPSA) is 85.8 Å². The Balaban J connectivity index is 1.97. The number of nitrogens with two attached hydrogens (primary N) is 1. The number of aryl methyl sites for hydroxylation is 1. The molecule has 1 amide bonds. The molecule has 7 heteroatoms. The van der Waals surface area contributed by atoms with Crippen molar-refractivity contribution in [2.45, 2.75) is 13.0 Å². The number of nitrogens with zero attached hydrogens (tertiary/aromatic N) is 3. The molecule has 0 saturated carbocycles. The summed E-state index contributed by atoms with van der Waals surface area (Å²) in [4.78, 5) is 16.5. The number of hydrogen-bond acceptors (Lipinski definition) is 4. The van der Waals surface area contributed by atoms with E-state index >= 15 is 0 Å². The Morgan fingerprint density at radius 3 is 2.71 bits per heavy atom. The Bertz CT molecular complexity index is 625. The normalized spacial score (nSPS) is 11.9. The first-order valence-corrected chi connectivity index (χ1v) is 6.92. The van der Waals surface area contributed by atoms with Crippen molar-refractivity contribution in [3.8, 4) is 0 Å². The average molecular weight is 303 g/mol. The summed E-state index contributed by atoms with van der Waals surface area (Å²) in [5, 5.41) is 6.87. The molecule has 0 aliphatic rings. The zero-order valence-corrected chi connectivity index (χ0v) is 12.5. The minimum absolute atomic E-state index is 0.185. The monoisotopic (exact) mass is 303 g/mol. The van der Waals surface area contributed by atoms with Gasteiger partial charge in [-0.3, -0.25) is 9.48 Å². The molecule has 0 radical (unpaired) electrons. The average Bonchev–Trinajstić information content (AvgIpc) is 2.89. The molecule has 0 spiro atoms. The number of aromatic nitrogens is 3. The number of nitrogens with one attached hydrogen (secondary N) is 1. The van der Waals surface area contributed by atoms with Crippen LogP contribution in [0, 0.1) is 5.92 Å². The van der Waals surface area contributed by atoms with Crippen LogP contribution in [0.5, 0.6) is 0 Å². The van der Waals surface area contributed by atoms with Crippen LogP contribution in [0.25, 0.3) is 0 Å². The van der Waals surface area contributed by atoms with Crippen LogP contribution in [0.2, 0.25) is 0 Å². The zero-order chi connectivity index (χ0) is 15.2. The van der Waals surface area contributed by atoms with Gasteiger partial charge in [0, 0.05) is 7.05 Å². The second-order valence-electron chi connectivity index (χ2n) is 4.70. The fraction of sp³-hybridized carbons (Fsp3) is 0.286. The highest BCUT2D eigenvalue weighted by Crippen LogP contribution is 2.10. The lowest BCUT2D eigenvalue weighted by Crippen LogP contribution is -2.39. The summed E-state index contributed by atoms with van der Waals surface area (Å²) < 4.78 is 1.58. The first kappa shape index (κ1) is 15.1. The predicted molar refractivity (Wildman–Crippen MR) is 83.3 cm³/mol. The van der Waals surface area contributed by atoms with Crippen LogP contribution >= 0.6 is 12.2 Å². The van der Waals surface area contributed by atoms with E-state index in [9.17, 15) is 4.79 Å². The number of hydrogen-bond donors (Lipinski definition) is 2.